The van der Waals surface area contributed by atoms with Crippen molar-refractivity contribution in [1.82, 2.24) is 0 Å². The van der Waals surface area contributed by atoms with Crippen molar-refractivity contribution in [3.63, 3.8) is 0 Å². The molecule has 4 heteroatoms. The van der Waals surface area contributed by atoms with Crippen LogP contribution in [-0.4, -0.2) is 24.4 Å². The average Bonchev–Trinajstić information content (AvgIpc) is 2.61. The quantitative estimate of drug-likeness (QED) is 0.663. The highest BCUT2D eigenvalue weighted by Gasteiger charge is 2.01. The molecule has 2 rings (SSSR count). The van der Waals surface area contributed by atoms with Crippen molar-refractivity contribution in [3.8, 4) is 23.0 Å². The molecule has 0 heterocycles. The molecule has 25 heavy (non-hydrogen) atoms. The van der Waals surface area contributed by atoms with Gasteiger partial charge in [0, 0.05) is 5.56 Å². The Labute approximate surface area is 148 Å². The zero-order valence-corrected chi connectivity index (χ0v) is 14.6. The van der Waals surface area contributed by atoms with Crippen LogP contribution in [0, 0.1) is 0 Å². The molecule has 0 aromatic heterocycles. The van der Waals surface area contributed by atoms with Crippen molar-refractivity contribution in [3.05, 3.63) is 59.7 Å². The van der Waals surface area contributed by atoms with E-state index in [0.717, 1.165) is 36.1 Å². The Hall–Kier alpha value is -2.88. The van der Waals surface area contributed by atoms with Crippen LogP contribution in [0.15, 0.2) is 48.6 Å². The normalized spacial score (nSPS) is 11.3. The molecule has 0 radical (unpaired) electrons. The van der Waals surface area contributed by atoms with Gasteiger partial charge in [-0.05, 0) is 55.2 Å². The molecule has 0 saturated heterocycles. The molecule has 0 bridgehead atoms. The Morgan fingerprint density at radius 2 is 1.52 bits per heavy atom. The minimum atomic E-state index is 0.146. The van der Waals surface area contributed by atoms with E-state index in [-0.39, 0.29) is 11.5 Å². The zero-order valence-electron chi connectivity index (χ0n) is 14.6. The van der Waals surface area contributed by atoms with Crippen molar-refractivity contribution >= 4 is 12.2 Å². The molecule has 0 unspecified atom stereocenters. The molecule has 4 nitrogen and oxygen atoms in total. The number of phenols is 2. The Morgan fingerprint density at radius 1 is 0.840 bits per heavy atom. The van der Waals surface area contributed by atoms with E-state index in [4.69, 9.17) is 9.47 Å². The molecule has 0 aliphatic rings. The highest BCUT2D eigenvalue weighted by Crippen LogP contribution is 2.27. The first-order chi connectivity index (χ1) is 12.1. The van der Waals surface area contributed by atoms with E-state index in [1.165, 1.54) is 7.11 Å². The van der Waals surface area contributed by atoms with Crippen LogP contribution in [0.1, 0.15) is 30.4 Å². The lowest BCUT2D eigenvalue weighted by molar-refractivity contribution is 0.373. The van der Waals surface area contributed by atoms with Gasteiger partial charge in [0.1, 0.15) is 11.5 Å². The van der Waals surface area contributed by atoms with Crippen molar-refractivity contribution in [1.29, 1.82) is 0 Å². The maximum absolute atomic E-state index is 9.74. The predicted octanol–water partition coefficient (Wildman–Crippen LogP) is 5.01. The van der Waals surface area contributed by atoms with Crippen LogP contribution in [0.4, 0.5) is 0 Å². The van der Waals surface area contributed by atoms with Gasteiger partial charge in [0.15, 0.2) is 11.5 Å². The van der Waals surface area contributed by atoms with Gasteiger partial charge in [-0.2, -0.15) is 0 Å². The highest BCUT2D eigenvalue weighted by atomic mass is 16.5. The van der Waals surface area contributed by atoms with E-state index >= 15 is 0 Å². The third kappa shape index (κ3) is 5.60. The average molecular weight is 340 g/mol. The summed E-state index contributed by atoms with van der Waals surface area (Å²) >= 11 is 0. The van der Waals surface area contributed by atoms with E-state index in [2.05, 4.69) is 12.2 Å². The summed E-state index contributed by atoms with van der Waals surface area (Å²) in [5, 5.41) is 19.3. The third-order valence-corrected chi connectivity index (χ3v) is 3.77. The Kier molecular flexibility index (Phi) is 6.96. The first-order valence-electron chi connectivity index (χ1n) is 8.21. The summed E-state index contributed by atoms with van der Waals surface area (Å²) in [6.45, 7) is 0. The molecule has 0 fully saturated rings. The molecule has 0 atom stereocenters. The van der Waals surface area contributed by atoms with Crippen LogP contribution in [0.25, 0.3) is 12.2 Å². The number of benzene rings is 2. The second-order valence-corrected chi connectivity index (χ2v) is 5.59. The molecule has 0 aliphatic heterocycles. The minimum Gasteiger partial charge on any atom is -0.508 e. The van der Waals surface area contributed by atoms with Gasteiger partial charge in [-0.1, -0.05) is 30.4 Å². The van der Waals surface area contributed by atoms with Gasteiger partial charge in [0.2, 0.25) is 0 Å². The predicted molar refractivity (Wildman–Crippen MR) is 101 cm³/mol. The van der Waals surface area contributed by atoms with E-state index in [1.807, 2.05) is 18.2 Å². The van der Waals surface area contributed by atoms with Crippen molar-refractivity contribution < 1.29 is 19.7 Å². The van der Waals surface area contributed by atoms with Gasteiger partial charge >= 0.3 is 0 Å². The molecular formula is C21H24O4. The Bertz CT molecular complexity index is 748. The molecule has 0 saturated carbocycles. The summed E-state index contributed by atoms with van der Waals surface area (Å²) in [5.41, 5.74) is 1.81. The molecule has 0 amide bonds. The number of ether oxygens (including phenoxy) is 2. The maximum Gasteiger partial charge on any atom is 0.160 e. The summed E-state index contributed by atoms with van der Waals surface area (Å²) in [6, 6.07) is 10.4. The monoisotopic (exact) mass is 340 g/mol. The van der Waals surface area contributed by atoms with Crippen LogP contribution in [0.2, 0.25) is 0 Å². The van der Waals surface area contributed by atoms with E-state index < -0.39 is 0 Å². The van der Waals surface area contributed by atoms with Crippen LogP contribution in [0.3, 0.4) is 0 Å². The SMILES string of the molecule is COc1ccc(/C=C/CCC/C=C/c2cc(O)ccc2OC)cc1O. The van der Waals surface area contributed by atoms with Gasteiger partial charge in [-0.25, -0.2) is 0 Å². The van der Waals surface area contributed by atoms with Gasteiger partial charge < -0.3 is 19.7 Å². The van der Waals surface area contributed by atoms with Crippen molar-refractivity contribution in [2.24, 2.45) is 0 Å². The number of aromatic hydroxyl groups is 2. The fourth-order valence-electron chi connectivity index (χ4n) is 2.45. The summed E-state index contributed by atoms with van der Waals surface area (Å²) in [6.07, 6.45) is 11.0. The number of hydrogen-bond donors (Lipinski definition) is 2. The molecule has 2 aromatic carbocycles. The molecule has 2 aromatic rings. The summed E-state index contributed by atoms with van der Waals surface area (Å²) in [7, 11) is 3.15. The van der Waals surface area contributed by atoms with Gasteiger partial charge in [-0.15, -0.1) is 0 Å². The summed E-state index contributed by atoms with van der Waals surface area (Å²) in [5.74, 6) is 1.59. The lowest BCUT2D eigenvalue weighted by Crippen LogP contribution is -1.86. The fraction of sp³-hybridized carbons (Fsp3) is 0.238. The molecular weight excluding hydrogens is 316 g/mol. The van der Waals surface area contributed by atoms with Crippen LogP contribution >= 0.6 is 0 Å². The van der Waals surface area contributed by atoms with Crippen molar-refractivity contribution in [2.75, 3.05) is 14.2 Å². The van der Waals surface area contributed by atoms with E-state index in [9.17, 15) is 10.2 Å². The minimum absolute atomic E-state index is 0.146. The topological polar surface area (TPSA) is 58.9 Å². The number of unbranched alkanes of at least 4 members (excludes halogenated alkanes) is 2. The second-order valence-electron chi connectivity index (χ2n) is 5.59. The molecule has 0 aliphatic carbocycles. The number of phenolic OH excluding ortho intramolecular Hbond substituents is 2. The van der Waals surface area contributed by atoms with E-state index in [0.29, 0.717) is 5.75 Å². The van der Waals surface area contributed by atoms with Gasteiger partial charge in [-0.3, -0.25) is 0 Å². The molecule has 132 valence electrons. The van der Waals surface area contributed by atoms with Crippen LogP contribution < -0.4 is 9.47 Å². The second kappa shape index (κ2) is 9.42. The van der Waals surface area contributed by atoms with Crippen LogP contribution in [-0.2, 0) is 0 Å². The number of methoxy groups -OCH3 is 2. The molecule has 0 spiro atoms. The summed E-state index contributed by atoms with van der Waals surface area (Å²) < 4.78 is 10.3. The standard InChI is InChI=1S/C21H24O4/c1-24-20-13-11-18(22)15-17(20)9-7-5-3-4-6-8-16-10-12-21(25-2)19(23)14-16/h6-15,22-23H,3-5H2,1-2H3/b8-6+,9-7+. The largest absolute Gasteiger partial charge is 0.508 e. The van der Waals surface area contributed by atoms with Gasteiger partial charge in [0.25, 0.3) is 0 Å². The smallest absolute Gasteiger partial charge is 0.160 e. The first-order valence-corrected chi connectivity index (χ1v) is 8.21. The molecule has 2 N–H and O–H groups in total. The van der Waals surface area contributed by atoms with Crippen molar-refractivity contribution in [2.45, 2.75) is 19.3 Å². The summed E-state index contributed by atoms with van der Waals surface area (Å²) in [4.78, 5) is 0. The Morgan fingerprint density at radius 3 is 2.20 bits per heavy atom. The van der Waals surface area contributed by atoms with Crippen LogP contribution in [0.5, 0.6) is 23.0 Å². The zero-order chi connectivity index (χ0) is 18.1. The number of allylic oxidation sites excluding steroid dienone is 2. The maximum atomic E-state index is 9.74. The number of rotatable bonds is 8. The van der Waals surface area contributed by atoms with Gasteiger partial charge in [0.05, 0.1) is 14.2 Å². The van der Waals surface area contributed by atoms with E-state index in [1.54, 1.807) is 37.4 Å². The third-order valence-electron chi connectivity index (χ3n) is 3.77. The number of hydrogen-bond acceptors (Lipinski definition) is 4. The first kappa shape index (κ1) is 18.5. The Balaban J connectivity index is 1.80. The fourth-order valence-corrected chi connectivity index (χ4v) is 2.45. The highest BCUT2D eigenvalue weighted by molar-refractivity contribution is 5.59. The lowest BCUT2D eigenvalue weighted by Gasteiger charge is -2.04. The lowest BCUT2D eigenvalue weighted by atomic mass is 10.1.